The molecule has 0 bridgehead atoms. The summed E-state index contributed by atoms with van der Waals surface area (Å²) >= 11 is 0. The molecule has 10 aromatic carbocycles. The van der Waals surface area contributed by atoms with Gasteiger partial charge in [0.1, 0.15) is 22.3 Å². The average Bonchev–Trinajstić information content (AvgIpc) is 4.13. The van der Waals surface area contributed by atoms with Crippen molar-refractivity contribution in [1.29, 1.82) is 0 Å². The van der Waals surface area contributed by atoms with E-state index in [1.807, 2.05) is 66.7 Å². The van der Waals surface area contributed by atoms with Gasteiger partial charge in [-0.2, -0.15) is 0 Å². The third-order valence-electron chi connectivity index (χ3n) is 13.4. The van der Waals surface area contributed by atoms with Crippen LogP contribution >= 0.6 is 0 Å². The van der Waals surface area contributed by atoms with E-state index in [-0.39, 0.29) is 0 Å². The number of hydrogen-bond acceptors (Lipinski definition) is 5. The van der Waals surface area contributed by atoms with Crippen molar-refractivity contribution in [1.82, 2.24) is 19.5 Å². The van der Waals surface area contributed by atoms with Crippen molar-refractivity contribution in [3.05, 3.63) is 231 Å². The molecule has 0 aliphatic carbocycles. The quantitative estimate of drug-likeness (QED) is 0.159. The smallest absolute Gasteiger partial charge is 0.164 e. The fourth-order valence-electron chi connectivity index (χ4n) is 10.2. The summed E-state index contributed by atoms with van der Waals surface area (Å²) in [5, 5.41) is 6.80. The molecule has 0 spiro atoms. The Bertz CT molecular complexity index is 4350. The normalized spacial score (nSPS) is 11.5. The van der Waals surface area contributed by atoms with E-state index in [4.69, 9.17) is 23.8 Å². The van der Waals surface area contributed by atoms with E-state index in [1.54, 1.807) is 0 Å². The van der Waals surface area contributed by atoms with Crippen LogP contribution in [-0.4, -0.2) is 19.5 Å². The van der Waals surface area contributed by atoms with Crippen LogP contribution in [0.1, 0.15) is 20.3 Å². The molecule has 0 saturated carbocycles. The van der Waals surface area contributed by atoms with Crippen molar-refractivity contribution in [3.8, 4) is 73.2 Å². The Labute approximate surface area is 416 Å². The number of hydrogen-bond donors (Lipinski definition) is 0. The van der Waals surface area contributed by atoms with E-state index >= 15 is 0 Å². The molecule has 0 amide bonds. The van der Waals surface area contributed by atoms with Crippen molar-refractivity contribution >= 4 is 65.7 Å². The molecule has 0 aliphatic heterocycles. The van der Waals surface area contributed by atoms with Crippen LogP contribution in [0.15, 0.2) is 239 Å². The molecule has 4 aromatic heterocycles. The number of furan rings is 2. The molecule has 0 saturated heterocycles. The molecular weight excluding hydrogens is 881 g/mol. The number of para-hydroxylation sites is 4. The van der Waals surface area contributed by atoms with Crippen LogP contribution in [0.4, 0.5) is 0 Å². The highest BCUT2D eigenvalue weighted by atomic mass is 16.3. The number of aromatic nitrogens is 4. The number of benzene rings is 10. The van der Waals surface area contributed by atoms with Gasteiger partial charge >= 0.3 is 0 Å². The van der Waals surface area contributed by atoms with Gasteiger partial charge in [0, 0.05) is 60.3 Å². The Morgan fingerprint density at radius 1 is 0.319 bits per heavy atom. The maximum Gasteiger partial charge on any atom is 0.164 e. The van der Waals surface area contributed by atoms with Crippen LogP contribution < -0.4 is 0 Å². The Morgan fingerprint density at radius 3 is 1.43 bits per heavy atom. The van der Waals surface area contributed by atoms with E-state index < -0.39 is 0 Å². The van der Waals surface area contributed by atoms with Gasteiger partial charge in [-0.1, -0.05) is 184 Å². The first kappa shape index (κ1) is 42.7. The minimum atomic E-state index is 0.577. The lowest BCUT2D eigenvalue weighted by Crippen LogP contribution is -2.00. The van der Waals surface area contributed by atoms with E-state index in [9.17, 15) is 0 Å². The lowest BCUT2D eigenvalue weighted by atomic mass is 9.97. The van der Waals surface area contributed by atoms with Crippen molar-refractivity contribution in [3.63, 3.8) is 0 Å². The van der Waals surface area contributed by atoms with E-state index in [1.165, 1.54) is 17.2 Å². The molecule has 0 N–H and O–H groups in total. The lowest BCUT2D eigenvalue weighted by molar-refractivity contribution is 0.668. The maximum absolute atomic E-state index is 6.30. The summed E-state index contributed by atoms with van der Waals surface area (Å²) < 4.78 is 15.0. The van der Waals surface area contributed by atoms with Crippen molar-refractivity contribution < 1.29 is 8.83 Å². The number of fused-ring (bicyclic) bond motifs is 9. The van der Waals surface area contributed by atoms with Crippen LogP contribution in [-0.2, 0) is 0 Å². The number of nitrogens with zero attached hydrogens (tertiary/aromatic N) is 4. The minimum absolute atomic E-state index is 0.577. The zero-order valence-corrected chi connectivity index (χ0v) is 39.8. The topological polar surface area (TPSA) is 69.9 Å². The van der Waals surface area contributed by atoms with Gasteiger partial charge in [0.25, 0.3) is 0 Å². The molecule has 0 unspecified atom stereocenters. The summed E-state index contributed by atoms with van der Waals surface area (Å²) in [7, 11) is 0. The predicted molar refractivity (Wildman–Crippen MR) is 297 cm³/mol. The maximum atomic E-state index is 6.30. The molecule has 0 fully saturated rings. The van der Waals surface area contributed by atoms with Crippen LogP contribution in [0.5, 0.6) is 0 Å². The van der Waals surface area contributed by atoms with Crippen LogP contribution in [0.25, 0.3) is 139 Å². The zero-order valence-electron chi connectivity index (χ0n) is 39.8. The molecule has 342 valence electrons. The Kier molecular flexibility index (Phi) is 10.6. The standard InChI is InChI=1S/C63H38N4O2.C3H8/c1-2-14-39(15-3-1)61-64-62(66-63(65-61)46-31-33-53-51-24-6-9-29-57(51)69-59(53)38-46)45-20-11-17-41(35-45)42-18-12-21-47(36-42)67-55-27-7-4-22-49(55)54-26-13-25-48(60(54)67)44-19-10-16-40(34-44)43-30-32-52-50-23-5-8-28-56(50)68-58(52)37-43;1-3-2/h1-38H;3H2,1-2H3. The van der Waals surface area contributed by atoms with Gasteiger partial charge in [0.15, 0.2) is 17.5 Å². The Balaban J connectivity index is 0.00000164. The molecular formula is C66H46N4O2. The number of rotatable bonds is 7. The largest absolute Gasteiger partial charge is 0.456 e. The third-order valence-corrected chi connectivity index (χ3v) is 13.4. The SMILES string of the molecule is CCC.c1ccc(-c2nc(-c3cccc(-c4cccc(-n5c6ccccc6c6cccc(-c7cccc(-c8ccc9c(c8)oc8ccccc89)c7)c65)c4)c3)nc(-c3ccc4c(c3)oc3ccccc34)n2)cc1. The first-order chi connectivity index (χ1) is 35.6. The molecule has 14 rings (SSSR count). The van der Waals surface area contributed by atoms with Gasteiger partial charge in [-0.3, -0.25) is 0 Å². The van der Waals surface area contributed by atoms with Gasteiger partial charge in [0.05, 0.1) is 11.0 Å². The average molecular weight is 927 g/mol. The monoisotopic (exact) mass is 926 g/mol. The second kappa shape index (κ2) is 17.8. The zero-order chi connectivity index (χ0) is 48.1. The van der Waals surface area contributed by atoms with Gasteiger partial charge in [0.2, 0.25) is 0 Å². The lowest BCUT2D eigenvalue weighted by Gasteiger charge is -2.14. The van der Waals surface area contributed by atoms with Gasteiger partial charge < -0.3 is 13.4 Å². The van der Waals surface area contributed by atoms with E-state index in [0.29, 0.717) is 17.5 Å². The molecule has 0 atom stereocenters. The fraction of sp³-hybridized carbons (Fsp3) is 0.0455. The molecule has 6 nitrogen and oxygen atoms in total. The molecule has 4 heterocycles. The summed E-state index contributed by atoms with van der Waals surface area (Å²) in [5.74, 6) is 1.77. The Morgan fingerprint density at radius 2 is 0.750 bits per heavy atom. The van der Waals surface area contributed by atoms with Crippen molar-refractivity contribution in [2.75, 3.05) is 0 Å². The summed E-state index contributed by atoms with van der Waals surface area (Å²) in [6, 6.07) is 80.7. The predicted octanol–water partition coefficient (Wildman–Crippen LogP) is 18.2. The minimum Gasteiger partial charge on any atom is -0.456 e. The van der Waals surface area contributed by atoms with Gasteiger partial charge in [-0.15, -0.1) is 0 Å². The molecule has 72 heavy (non-hydrogen) atoms. The van der Waals surface area contributed by atoms with Crippen molar-refractivity contribution in [2.45, 2.75) is 20.3 Å². The summed E-state index contributed by atoms with van der Waals surface area (Å²) in [5.41, 5.74) is 16.1. The fourth-order valence-corrected chi connectivity index (χ4v) is 10.2. The van der Waals surface area contributed by atoms with Crippen LogP contribution in [0.3, 0.4) is 0 Å². The highest BCUT2D eigenvalue weighted by Crippen LogP contribution is 2.41. The highest BCUT2D eigenvalue weighted by Gasteiger charge is 2.19. The third kappa shape index (κ3) is 7.49. The molecule has 14 aromatic rings. The second-order valence-electron chi connectivity index (χ2n) is 18.3. The summed E-state index contributed by atoms with van der Waals surface area (Å²) in [6.45, 7) is 4.25. The Hall–Kier alpha value is -9.39. The van der Waals surface area contributed by atoms with Crippen LogP contribution in [0.2, 0.25) is 0 Å². The highest BCUT2D eigenvalue weighted by molar-refractivity contribution is 6.14. The van der Waals surface area contributed by atoms with Crippen LogP contribution in [0, 0.1) is 0 Å². The second-order valence-corrected chi connectivity index (χ2v) is 18.3. The molecule has 0 radical (unpaired) electrons. The first-order valence-corrected chi connectivity index (χ1v) is 24.6. The van der Waals surface area contributed by atoms with Gasteiger partial charge in [-0.05, 0) is 94.5 Å². The summed E-state index contributed by atoms with van der Waals surface area (Å²) in [4.78, 5) is 15.3. The van der Waals surface area contributed by atoms with Gasteiger partial charge in [-0.25, -0.2) is 15.0 Å². The molecule has 6 heteroatoms. The molecule has 0 aliphatic rings. The van der Waals surface area contributed by atoms with E-state index in [0.717, 1.165) is 111 Å². The first-order valence-electron chi connectivity index (χ1n) is 24.6. The van der Waals surface area contributed by atoms with Crippen molar-refractivity contribution in [2.24, 2.45) is 0 Å². The van der Waals surface area contributed by atoms with E-state index in [2.05, 4.69) is 182 Å². The summed E-state index contributed by atoms with van der Waals surface area (Å²) in [6.07, 6.45) is 1.25.